The largest absolute Gasteiger partial charge is 0.368 e. The van der Waals surface area contributed by atoms with Crippen molar-refractivity contribution in [1.29, 1.82) is 0 Å². The van der Waals surface area contributed by atoms with Crippen LogP contribution in [0.15, 0.2) is 9.98 Å². The fraction of sp³-hybridized carbons (Fsp3) is 0.625. The number of carbonyl (C=O) groups excluding carboxylic acids is 1. The molecule has 15 heavy (non-hydrogen) atoms. The van der Waals surface area contributed by atoms with Gasteiger partial charge in [0.05, 0.1) is 5.92 Å². The van der Waals surface area contributed by atoms with Crippen molar-refractivity contribution in [2.24, 2.45) is 27.4 Å². The molecule has 0 aromatic rings. The predicted octanol–water partition coefficient (Wildman–Crippen LogP) is 0.253. The molecule has 0 radical (unpaired) electrons. The molecule has 0 bridgehead atoms. The molecule has 1 heterocycles. The van der Waals surface area contributed by atoms with Gasteiger partial charge in [0.2, 0.25) is 5.96 Å². The molecular formula is C8H14Cl2N4O. The van der Waals surface area contributed by atoms with E-state index in [2.05, 4.69) is 9.98 Å². The summed E-state index contributed by atoms with van der Waals surface area (Å²) in [7, 11) is 0. The summed E-state index contributed by atoms with van der Waals surface area (Å²) in [4.78, 5) is 19.1. The monoisotopic (exact) mass is 252 g/mol. The molecule has 0 saturated heterocycles. The first kappa shape index (κ1) is 14.3. The minimum Gasteiger partial charge on any atom is -0.368 e. The Morgan fingerprint density at radius 3 is 2.60 bits per heavy atom. The molecule has 1 amide bonds. The molecule has 1 aliphatic heterocycles. The second kappa shape index (κ2) is 5.44. The van der Waals surface area contributed by atoms with E-state index in [1.54, 1.807) is 0 Å². The third-order valence-electron chi connectivity index (χ3n) is 2.49. The van der Waals surface area contributed by atoms with Crippen LogP contribution in [0, 0.1) is 5.92 Å². The molecule has 2 atom stereocenters. The van der Waals surface area contributed by atoms with Crippen molar-refractivity contribution in [2.75, 3.05) is 0 Å². The van der Waals surface area contributed by atoms with Gasteiger partial charge in [0.1, 0.15) is 0 Å². The maximum Gasteiger partial charge on any atom is 0.257 e. The van der Waals surface area contributed by atoms with Gasteiger partial charge in [-0.25, -0.2) is 4.99 Å². The first-order valence-corrected chi connectivity index (χ1v) is 4.38. The number of hydrogen-bond acceptors (Lipinski definition) is 4. The number of nitrogens with two attached hydrogens (primary N) is 2. The molecule has 2 rings (SSSR count). The smallest absolute Gasteiger partial charge is 0.257 e. The molecule has 4 N–H and O–H groups in total. The lowest BCUT2D eigenvalue weighted by Gasteiger charge is -2.27. The first-order chi connectivity index (χ1) is 6.16. The Hall–Kier alpha value is -0.650. The van der Waals surface area contributed by atoms with Gasteiger partial charge in [-0.1, -0.05) is 0 Å². The predicted molar refractivity (Wildman–Crippen MR) is 63.9 cm³/mol. The number of aliphatic imine (C=N–C) groups is 2. The lowest BCUT2D eigenvalue weighted by atomic mass is 9.83. The Morgan fingerprint density at radius 1 is 1.27 bits per heavy atom. The van der Waals surface area contributed by atoms with E-state index in [4.69, 9.17) is 11.5 Å². The van der Waals surface area contributed by atoms with Gasteiger partial charge >= 0.3 is 0 Å². The molecule has 2 unspecified atom stereocenters. The van der Waals surface area contributed by atoms with Crippen LogP contribution >= 0.6 is 24.8 Å². The van der Waals surface area contributed by atoms with E-state index in [1.165, 1.54) is 0 Å². The lowest BCUT2D eigenvalue weighted by molar-refractivity contribution is -0.120. The zero-order chi connectivity index (χ0) is 9.42. The van der Waals surface area contributed by atoms with Crippen LogP contribution < -0.4 is 11.5 Å². The number of carbonyl (C=O) groups is 1. The summed E-state index contributed by atoms with van der Waals surface area (Å²) in [6.45, 7) is 0. The highest BCUT2D eigenvalue weighted by Crippen LogP contribution is 2.24. The lowest BCUT2D eigenvalue weighted by Crippen LogP contribution is -2.40. The average Bonchev–Trinajstić information content (AvgIpc) is 2.06. The second-order valence-electron chi connectivity index (χ2n) is 3.50. The van der Waals surface area contributed by atoms with E-state index in [1.807, 2.05) is 0 Å². The number of hydrogen-bond donors (Lipinski definition) is 2. The fourth-order valence-corrected chi connectivity index (χ4v) is 1.80. The molecular weight excluding hydrogens is 239 g/mol. The number of nitrogens with zero attached hydrogens (tertiary/aromatic N) is 2. The summed E-state index contributed by atoms with van der Waals surface area (Å²) in [5.41, 5.74) is 12.0. The first-order valence-electron chi connectivity index (χ1n) is 4.38. The van der Waals surface area contributed by atoms with E-state index in [0.29, 0.717) is 6.42 Å². The van der Waals surface area contributed by atoms with Crippen molar-refractivity contribution in [1.82, 2.24) is 0 Å². The zero-order valence-electron chi connectivity index (χ0n) is 8.05. The Balaban J connectivity index is 0.000000980. The van der Waals surface area contributed by atoms with Crippen LogP contribution in [0.5, 0.6) is 0 Å². The second-order valence-corrected chi connectivity index (χ2v) is 3.50. The Kier molecular flexibility index (Phi) is 5.20. The molecule has 7 heteroatoms. The van der Waals surface area contributed by atoms with Gasteiger partial charge in [-0.05, 0) is 19.3 Å². The van der Waals surface area contributed by atoms with Crippen molar-refractivity contribution < 1.29 is 4.79 Å². The van der Waals surface area contributed by atoms with Crippen LogP contribution in [-0.2, 0) is 4.79 Å². The molecule has 0 aromatic carbocycles. The van der Waals surface area contributed by atoms with Crippen LogP contribution in [0.25, 0.3) is 0 Å². The summed E-state index contributed by atoms with van der Waals surface area (Å²) in [5, 5.41) is 0. The van der Waals surface area contributed by atoms with Crippen molar-refractivity contribution >= 4 is 42.4 Å². The van der Waals surface area contributed by atoms with Gasteiger partial charge in [-0.2, -0.15) is 4.99 Å². The van der Waals surface area contributed by atoms with E-state index in [0.717, 1.165) is 18.6 Å². The maximum absolute atomic E-state index is 11.4. The number of rotatable bonds is 0. The Labute approximate surface area is 100 Å². The molecule has 5 nitrogen and oxygen atoms in total. The van der Waals surface area contributed by atoms with E-state index < -0.39 is 0 Å². The normalized spacial score (nSPS) is 29.0. The number of halogens is 2. The van der Waals surface area contributed by atoms with Gasteiger partial charge in [-0.15, -0.1) is 24.8 Å². The van der Waals surface area contributed by atoms with Gasteiger partial charge in [0.15, 0.2) is 0 Å². The molecule has 1 fully saturated rings. The molecule has 1 saturated carbocycles. The standard InChI is InChI=1S/C8H12N4O.2ClH/c9-4-1-2-6-5(3-4)7(13)12-8(10)11-6;;/h4-5H,1-3,9H2,(H2,10,12,13);2*1H. The third kappa shape index (κ3) is 2.90. The van der Waals surface area contributed by atoms with Gasteiger partial charge in [0.25, 0.3) is 5.91 Å². The molecule has 2 aliphatic rings. The summed E-state index contributed by atoms with van der Waals surface area (Å²) in [6, 6.07) is 0.0995. The molecule has 0 spiro atoms. The zero-order valence-corrected chi connectivity index (χ0v) is 9.68. The highest BCUT2D eigenvalue weighted by atomic mass is 35.5. The van der Waals surface area contributed by atoms with Crippen LogP contribution in [0.2, 0.25) is 0 Å². The fourth-order valence-electron chi connectivity index (χ4n) is 1.80. The maximum atomic E-state index is 11.4. The quantitative estimate of drug-likeness (QED) is 0.648. The highest BCUT2D eigenvalue weighted by molar-refractivity contribution is 6.15. The summed E-state index contributed by atoms with van der Waals surface area (Å²) >= 11 is 0. The Bertz CT molecular complexity index is 316. The number of guanidine groups is 1. The van der Waals surface area contributed by atoms with E-state index >= 15 is 0 Å². The summed E-state index contributed by atoms with van der Waals surface area (Å²) in [6.07, 6.45) is 2.32. The number of amides is 1. The van der Waals surface area contributed by atoms with Crippen LogP contribution in [0.1, 0.15) is 19.3 Å². The minimum atomic E-state index is -0.198. The minimum absolute atomic E-state index is 0. The summed E-state index contributed by atoms with van der Waals surface area (Å²) in [5.74, 6) is -0.291. The number of fused-ring (bicyclic) bond motifs is 1. The highest BCUT2D eigenvalue weighted by Gasteiger charge is 2.33. The topological polar surface area (TPSA) is 93.8 Å². The van der Waals surface area contributed by atoms with Crippen LogP contribution in [-0.4, -0.2) is 23.6 Å². The SMILES string of the molecule is Cl.Cl.NC1=NC(=O)C2CC(N)CCC2=N1. The van der Waals surface area contributed by atoms with Crippen LogP contribution in [0.4, 0.5) is 0 Å². The molecule has 86 valence electrons. The molecule has 1 aliphatic carbocycles. The van der Waals surface area contributed by atoms with E-state index in [9.17, 15) is 4.79 Å². The van der Waals surface area contributed by atoms with Crippen LogP contribution in [0.3, 0.4) is 0 Å². The van der Waals surface area contributed by atoms with Crippen molar-refractivity contribution in [3.05, 3.63) is 0 Å². The van der Waals surface area contributed by atoms with Gasteiger partial charge in [0, 0.05) is 11.8 Å². The summed E-state index contributed by atoms with van der Waals surface area (Å²) < 4.78 is 0. The Morgan fingerprint density at radius 2 is 1.93 bits per heavy atom. The molecule has 0 aromatic heterocycles. The third-order valence-corrected chi connectivity index (χ3v) is 2.49. The van der Waals surface area contributed by atoms with E-state index in [-0.39, 0.29) is 48.6 Å². The van der Waals surface area contributed by atoms with Crippen molar-refractivity contribution in [3.63, 3.8) is 0 Å². The van der Waals surface area contributed by atoms with Gasteiger partial charge < -0.3 is 11.5 Å². The van der Waals surface area contributed by atoms with Crippen molar-refractivity contribution in [2.45, 2.75) is 25.3 Å². The van der Waals surface area contributed by atoms with Crippen molar-refractivity contribution in [3.8, 4) is 0 Å². The van der Waals surface area contributed by atoms with Gasteiger partial charge in [-0.3, -0.25) is 4.79 Å². The average molecular weight is 253 g/mol.